The van der Waals surface area contributed by atoms with E-state index >= 15 is 0 Å². The Bertz CT molecular complexity index is 1250. The van der Waals surface area contributed by atoms with Crippen molar-refractivity contribution in [3.63, 3.8) is 0 Å². The lowest BCUT2D eigenvalue weighted by molar-refractivity contribution is -0.140. The van der Waals surface area contributed by atoms with Crippen LogP contribution in [0.2, 0.25) is 0 Å². The summed E-state index contributed by atoms with van der Waals surface area (Å²) in [6.45, 7) is 1.50. The van der Waals surface area contributed by atoms with E-state index in [9.17, 15) is 28.6 Å². The van der Waals surface area contributed by atoms with Gasteiger partial charge in [0.25, 0.3) is 11.7 Å². The lowest BCUT2D eigenvalue weighted by Crippen LogP contribution is -2.29. The van der Waals surface area contributed by atoms with E-state index in [0.717, 1.165) is 0 Å². The Labute approximate surface area is 182 Å². The zero-order valence-electron chi connectivity index (χ0n) is 17.0. The van der Waals surface area contributed by atoms with Gasteiger partial charge in [-0.3, -0.25) is 9.59 Å². The number of carbonyl (C=O) groups is 2. The Morgan fingerprint density at radius 1 is 1.00 bits per heavy atom. The summed E-state index contributed by atoms with van der Waals surface area (Å²) in [4.78, 5) is 27.2. The maximum absolute atomic E-state index is 13.7. The second kappa shape index (κ2) is 8.26. The van der Waals surface area contributed by atoms with E-state index in [2.05, 4.69) is 0 Å². The number of hydrogen-bond donors (Lipinski definition) is 2. The molecule has 1 fully saturated rings. The average molecular weight is 435 g/mol. The fourth-order valence-corrected chi connectivity index (χ4v) is 3.82. The number of halogens is 2. The Morgan fingerprint density at radius 3 is 2.38 bits per heavy atom. The van der Waals surface area contributed by atoms with Crippen molar-refractivity contribution in [2.75, 3.05) is 0 Å². The van der Waals surface area contributed by atoms with Gasteiger partial charge in [0.2, 0.25) is 0 Å². The number of carbonyl (C=O) groups excluding carboxylic acids is 2. The lowest BCUT2D eigenvalue weighted by Gasteiger charge is -2.25. The first kappa shape index (κ1) is 21.2. The molecule has 0 saturated carbocycles. The second-order valence-electron chi connectivity index (χ2n) is 7.61. The topological polar surface area (TPSA) is 77.8 Å². The van der Waals surface area contributed by atoms with E-state index in [-0.39, 0.29) is 29.0 Å². The maximum Gasteiger partial charge on any atom is 0.295 e. The molecule has 0 aromatic heterocycles. The summed E-state index contributed by atoms with van der Waals surface area (Å²) in [5, 5.41) is 21.0. The summed E-state index contributed by atoms with van der Waals surface area (Å²) in [5.41, 5.74) is 1.27. The van der Waals surface area contributed by atoms with Crippen LogP contribution in [-0.2, 0) is 16.1 Å². The number of aromatic hydroxyl groups is 1. The highest BCUT2D eigenvalue weighted by atomic mass is 19.1. The Morgan fingerprint density at radius 2 is 1.72 bits per heavy atom. The number of phenolic OH excluding ortho intramolecular Hbond substituents is 1. The Kier molecular flexibility index (Phi) is 5.48. The van der Waals surface area contributed by atoms with Crippen molar-refractivity contribution in [1.29, 1.82) is 0 Å². The van der Waals surface area contributed by atoms with Gasteiger partial charge < -0.3 is 15.1 Å². The molecule has 32 heavy (non-hydrogen) atoms. The largest absolute Gasteiger partial charge is 0.508 e. The van der Waals surface area contributed by atoms with Crippen molar-refractivity contribution in [2.24, 2.45) is 0 Å². The van der Waals surface area contributed by atoms with Crippen molar-refractivity contribution in [2.45, 2.75) is 19.5 Å². The SMILES string of the molecule is Cc1cc(/C(O)=C2/C(=O)C(=O)N(Cc3ccc(F)cc3)C2c2cccc(O)c2)ccc1F. The Hall–Kier alpha value is -4.00. The molecule has 1 aliphatic heterocycles. The van der Waals surface area contributed by atoms with Gasteiger partial charge in [-0.1, -0.05) is 24.3 Å². The number of rotatable bonds is 4. The molecule has 7 heteroatoms. The number of ketones is 1. The summed E-state index contributed by atoms with van der Waals surface area (Å²) in [7, 11) is 0. The van der Waals surface area contributed by atoms with Crippen LogP contribution in [0.1, 0.15) is 28.3 Å². The fraction of sp³-hybridized carbons (Fsp3) is 0.120. The molecule has 0 radical (unpaired) electrons. The van der Waals surface area contributed by atoms with Crippen LogP contribution in [0.3, 0.4) is 0 Å². The third kappa shape index (κ3) is 3.85. The van der Waals surface area contributed by atoms with E-state index < -0.39 is 35.1 Å². The predicted molar refractivity (Wildman–Crippen MR) is 113 cm³/mol. The quantitative estimate of drug-likeness (QED) is 0.357. The van der Waals surface area contributed by atoms with Crippen LogP contribution >= 0.6 is 0 Å². The molecule has 1 aliphatic rings. The number of aliphatic hydroxyl groups is 1. The molecule has 0 aliphatic carbocycles. The van der Waals surface area contributed by atoms with Crippen LogP contribution in [0.5, 0.6) is 5.75 Å². The van der Waals surface area contributed by atoms with Gasteiger partial charge in [-0.05, 0) is 66.1 Å². The Balaban J connectivity index is 1.87. The van der Waals surface area contributed by atoms with E-state index in [4.69, 9.17) is 0 Å². The van der Waals surface area contributed by atoms with Crippen LogP contribution in [-0.4, -0.2) is 26.8 Å². The highest BCUT2D eigenvalue weighted by Gasteiger charge is 2.46. The molecule has 2 N–H and O–H groups in total. The molecule has 3 aromatic rings. The van der Waals surface area contributed by atoms with Crippen LogP contribution < -0.4 is 0 Å². The van der Waals surface area contributed by atoms with Crippen molar-refractivity contribution in [3.05, 3.63) is 106 Å². The highest BCUT2D eigenvalue weighted by molar-refractivity contribution is 6.46. The molecule has 1 heterocycles. The summed E-state index contributed by atoms with van der Waals surface area (Å²) >= 11 is 0. The van der Waals surface area contributed by atoms with Gasteiger partial charge in [-0.25, -0.2) is 8.78 Å². The summed E-state index contributed by atoms with van der Waals surface area (Å²) in [5.74, 6) is -3.17. The van der Waals surface area contributed by atoms with Crippen molar-refractivity contribution in [3.8, 4) is 5.75 Å². The lowest BCUT2D eigenvalue weighted by atomic mass is 9.94. The molecule has 162 valence electrons. The van der Waals surface area contributed by atoms with E-state index in [1.807, 2.05) is 0 Å². The zero-order chi connectivity index (χ0) is 23.0. The molecule has 5 nitrogen and oxygen atoms in total. The number of likely N-dealkylation sites (tertiary alicyclic amines) is 1. The van der Waals surface area contributed by atoms with Gasteiger partial charge in [0.15, 0.2) is 0 Å². The van der Waals surface area contributed by atoms with Gasteiger partial charge in [0.05, 0.1) is 11.6 Å². The summed E-state index contributed by atoms with van der Waals surface area (Å²) in [6.07, 6.45) is 0. The van der Waals surface area contributed by atoms with Crippen LogP contribution in [0.15, 0.2) is 72.3 Å². The standard InChI is InChI=1S/C25H19F2NO4/c1-14-11-17(7-10-20(14)27)23(30)21-22(16-3-2-4-19(29)12-16)28(25(32)24(21)31)13-15-5-8-18(26)9-6-15/h2-12,22,29-30H,13H2,1H3/b23-21-. The van der Waals surface area contributed by atoms with Gasteiger partial charge in [-0.15, -0.1) is 0 Å². The smallest absolute Gasteiger partial charge is 0.295 e. The van der Waals surface area contributed by atoms with Crippen molar-refractivity contribution < 1.29 is 28.6 Å². The monoisotopic (exact) mass is 435 g/mol. The number of benzene rings is 3. The minimum Gasteiger partial charge on any atom is -0.508 e. The summed E-state index contributed by atoms with van der Waals surface area (Å²) < 4.78 is 27.0. The predicted octanol–water partition coefficient (Wildman–Crippen LogP) is 4.60. The number of Topliss-reactive ketones (excluding diaryl/α,β-unsaturated/α-hetero) is 1. The fourth-order valence-electron chi connectivity index (χ4n) is 3.82. The van der Waals surface area contributed by atoms with Crippen LogP contribution in [0, 0.1) is 18.6 Å². The van der Waals surface area contributed by atoms with Crippen LogP contribution in [0.25, 0.3) is 5.76 Å². The second-order valence-corrected chi connectivity index (χ2v) is 7.61. The number of nitrogens with zero attached hydrogens (tertiary/aromatic N) is 1. The highest BCUT2D eigenvalue weighted by Crippen LogP contribution is 2.41. The van der Waals surface area contributed by atoms with E-state index in [1.54, 1.807) is 12.1 Å². The van der Waals surface area contributed by atoms with Gasteiger partial charge in [-0.2, -0.15) is 0 Å². The van der Waals surface area contributed by atoms with E-state index in [0.29, 0.717) is 11.1 Å². The molecule has 1 atom stereocenters. The minimum atomic E-state index is -1.00. The number of phenols is 1. The van der Waals surface area contributed by atoms with Crippen molar-refractivity contribution >= 4 is 17.4 Å². The molecule has 3 aromatic carbocycles. The third-order valence-corrected chi connectivity index (χ3v) is 5.42. The molecule has 1 amide bonds. The third-order valence-electron chi connectivity index (χ3n) is 5.42. The normalized spacial score (nSPS) is 17.7. The van der Waals surface area contributed by atoms with Gasteiger partial charge in [0, 0.05) is 12.1 Å². The number of amides is 1. The first-order valence-corrected chi connectivity index (χ1v) is 9.84. The van der Waals surface area contributed by atoms with Crippen molar-refractivity contribution in [1.82, 2.24) is 4.90 Å². The minimum absolute atomic E-state index is 0.0234. The number of hydrogen-bond acceptors (Lipinski definition) is 4. The number of aryl methyl sites for hydroxylation is 1. The molecule has 0 bridgehead atoms. The molecule has 1 saturated heterocycles. The number of aliphatic hydroxyl groups excluding tert-OH is 1. The van der Waals surface area contributed by atoms with E-state index in [1.165, 1.54) is 66.4 Å². The molecule has 0 spiro atoms. The van der Waals surface area contributed by atoms with Crippen LogP contribution in [0.4, 0.5) is 8.78 Å². The molecule has 4 rings (SSSR count). The van der Waals surface area contributed by atoms with Gasteiger partial charge >= 0.3 is 0 Å². The van der Waals surface area contributed by atoms with Gasteiger partial charge in [0.1, 0.15) is 23.1 Å². The first-order chi connectivity index (χ1) is 15.3. The average Bonchev–Trinajstić information content (AvgIpc) is 3.01. The maximum atomic E-state index is 13.7. The summed E-state index contributed by atoms with van der Waals surface area (Å²) in [6, 6.07) is 14.4. The molecule has 1 unspecified atom stereocenters. The first-order valence-electron chi connectivity index (χ1n) is 9.84. The molecular weight excluding hydrogens is 416 g/mol. The zero-order valence-corrected chi connectivity index (χ0v) is 17.0. The molecular formula is C25H19F2NO4.